The quantitative estimate of drug-likeness (QED) is 0.108. The second-order valence-electron chi connectivity index (χ2n) is 12.4. The van der Waals surface area contributed by atoms with Gasteiger partial charge in [0.1, 0.15) is 45.1 Å². The summed E-state index contributed by atoms with van der Waals surface area (Å²) < 4.78 is 33.0. The molecule has 3 heterocycles. The van der Waals surface area contributed by atoms with E-state index in [1.54, 1.807) is 18.2 Å². The van der Waals surface area contributed by atoms with Crippen molar-refractivity contribution in [2.45, 2.75) is 0 Å². The van der Waals surface area contributed by atoms with Crippen LogP contribution >= 0.6 is 0 Å². The number of para-hydroxylation sites is 2. The summed E-state index contributed by atoms with van der Waals surface area (Å²) >= 11 is 0. The zero-order valence-corrected chi connectivity index (χ0v) is 36.0. The van der Waals surface area contributed by atoms with E-state index in [-0.39, 0.29) is 122 Å². The Morgan fingerprint density at radius 3 is 1.55 bits per heavy atom. The summed E-state index contributed by atoms with van der Waals surface area (Å²) in [6.07, 6.45) is 0. The number of fused-ring (bicyclic) bond motifs is 13. The second-order valence-corrected chi connectivity index (χ2v) is 12.4. The van der Waals surface area contributed by atoms with E-state index < -0.39 is 0 Å². The zero-order valence-electron chi connectivity index (χ0n) is 30.7. The number of furan rings is 3. The van der Waals surface area contributed by atoms with Crippen LogP contribution in [-0.4, -0.2) is 11.6 Å². The molecule has 7 nitrogen and oxygen atoms in total. The van der Waals surface area contributed by atoms with Gasteiger partial charge in [0.15, 0.2) is 0 Å². The van der Waals surface area contributed by atoms with Crippen LogP contribution in [0.4, 0.5) is 4.39 Å². The van der Waals surface area contributed by atoms with Gasteiger partial charge in [0.25, 0.3) is 6.47 Å². The van der Waals surface area contributed by atoms with Gasteiger partial charge in [0, 0.05) is 43.4 Å². The number of rotatable bonds is 2. The summed E-state index contributed by atoms with van der Waals surface area (Å²) in [5.41, 5.74) is 5.84. The molecule has 0 aliphatic carbocycles. The Bertz CT molecular complexity index is 3190. The molecule has 11 aromatic rings. The van der Waals surface area contributed by atoms with Crippen molar-refractivity contribution in [3.05, 3.63) is 151 Å². The molecule has 0 bridgehead atoms. The van der Waals surface area contributed by atoms with Crippen LogP contribution in [-0.2, 0) is 9.68 Å². The smallest absolute Gasteiger partial charge is 1.00 e. The molecule has 55 heavy (non-hydrogen) atoms. The van der Waals surface area contributed by atoms with Crippen molar-refractivity contribution in [2.24, 2.45) is 0 Å². The van der Waals surface area contributed by atoms with Gasteiger partial charge in [-0.3, -0.25) is 4.79 Å². The normalized spacial score (nSPS) is 10.9. The van der Waals surface area contributed by atoms with Crippen LogP contribution in [0.5, 0.6) is 5.75 Å². The number of phenols is 1. The third kappa shape index (κ3) is 6.96. The van der Waals surface area contributed by atoms with Crippen molar-refractivity contribution >= 4 is 93.8 Å². The van der Waals surface area contributed by atoms with E-state index in [4.69, 9.17) is 23.3 Å². The first-order valence-corrected chi connectivity index (χ1v) is 16.7. The molecule has 0 atom stereocenters. The van der Waals surface area contributed by atoms with Crippen molar-refractivity contribution < 1.29 is 142 Å². The topological polar surface area (TPSA) is 109 Å². The van der Waals surface area contributed by atoms with E-state index in [0.29, 0.717) is 22.3 Å². The van der Waals surface area contributed by atoms with Gasteiger partial charge in [-0.2, -0.15) is 0 Å². The fourth-order valence-corrected chi connectivity index (χ4v) is 7.40. The third-order valence-corrected chi connectivity index (χ3v) is 9.55. The predicted octanol–water partition coefficient (Wildman–Crippen LogP) is 5.44. The summed E-state index contributed by atoms with van der Waals surface area (Å²) in [5.74, 6) is -0.332. The van der Waals surface area contributed by atoms with Crippen LogP contribution in [0.25, 0.3) is 98.5 Å². The summed E-state index contributed by atoms with van der Waals surface area (Å²) in [6, 6.07) is 46.5. The Morgan fingerprint density at radius 2 is 0.909 bits per heavy atom. The number of hydrogen-bond acceptors (Lipinski definition) is 7. The van der Waals surface area contributed by atoms with Gasteiger partial charge in [-0.05, 0) is 70.1 Å². The molecule has 0 aliphatic rings. The number of carbonyl (C=O) groups is 1. The molecule has 8 aromatic carbocycles. The van der Waals surface area contributed by atoms with Crippen LogP contribution in [0.1, 0.15) is 1.43 Å². The Morgan fingerprint density at radius 1 is 0.491 bits per heavy atom. The summed E-state index contributed by atoms with van der Waals surface area (Å²) in [6.45, 7) is -0.181. The minimum Gasteiger partial charge on any atom is -1.00 e. The van der Waals surface area contributed by atoms with Crippen LogP contribution in [0.3, 0.4) is 0 Å². The van der Waals surface area contributed by atoms with Crippen molar-refractivity contribution in [2.75, 3.05) is 0 Å². The number of hydrogen-bond donors (Lipinski definition) is 1. The van der Waals surface area contributed by atoms with E-state index in [0.717, 1.165) is 60.0 Å². The molecule has 0 amide bonds. The van der Waals surface area contributed by atoms with Crippen molar-refractivity contribution in [3.63, 3.8) is 0 Å². The molecule has 0 spiro atoms. The molecule has 0 unspecified atom stereocenters. The maximum atomic E-state index is 14.9. The first-order chi connectivity index (χ1) is 26.1. The molecule has 0 aliphatic heterocycles. The SMILES string of the molecule is O=CO[O-].Oc1ccc2oc3ccccc3c2c1-c1c(F)ccc2ccccc12.[H-].[K+].[K+].c1ccc2c(c1)ccc1oc3ccc4oc5ccccc5c4c3c12. The minimum atomic E-state index is -0.369. The van der Waals surface area contributed by atoms with Gasteiger partial charge >= 0.3 is 103 Å². The fraction of sp³-hybridized carbons (Fsp3) is 0. The van der Waals surface area contributed by atoms with Gasteiger partial charge in [0.05, 0.1) is 0 Å². The number of carbonyl (C=O) groups excluding carboxylic acids is 1. The average Bonchev–Trinajstić information content (AvgIpc) is 3.90. The van der Waals surface area contributed by atoms with Gasteiger partial charge in [0.2, 0.25) is 0 Å². The molecule has 258 valence electrons. The Balaban J connectivity index is 0.000000166. The monoisotopic (exact) mass is 776 g/mol. The second kappa shape index (κ2) is 16.7. The molecule has 0 radical (unpaired) electrons. The maximum absolute atomic E-state index is 14.9. The minimum absolute atomic E-state index is 0. The molecule has 11 rings (SSSR count). The number of phenolic OH excluding ortho intramolecular Hbond substituents is 1. The molecule has 10 heteroatoms. The van der Waals surface area contributed by atoms with Gasteiger partial charge in [-0.1, -0.05) is 97.1 Å². The number of benzene rings is 8. The van der Waals surface area contributed by atoms with E-state index in [1.165, 1.54) is 22.2 Å². The molecular formula is C45H27FK2O7. The first kappa shape index (κ1) is 39.4. The van der Waals surface area contributed by atoms with Gasteiger partial charge < -0.3 is 29.9 Å². The summed E-state index contributed by atoms with van der Waals surface area (Å²) in [7, 11) is 0. The van der Waals surface area contributed by atoms with Crippen LogP contribution in [0.2, 0.25) is 0 Å². The Kier molecular flexibility index (Phi) is 11.9. The van der Waals surface area contributed by atoms with E-state index in [2.05, 4.69) is 53.4 Å². The van der Waals surface area contributed by atoms with Crippen LogP contribution in [0.15, 0.2) is 159 Å². The largest absolute Gasteiger partial charge is 1.00 e. The van der Waals surface area contributed by atoms with Gasteiger partial charge in [-0.25, -0.2) is 4.39 Å². The van der Waals surface area contributed by atoms with Crippen LogP contribution in [0, 0.1) is 5.82 Å². The standard InChI is InChI=1S/C22H13FO2.C22H12O2.CH2O3.2K.H/c23-16-10-9-13-5-1-2-6-14(13)20(16)22-17(24)11-12-19-21(22)15-7-3-4-8-18(15)25-19;1-2-6-14-13(5-1)9-10-17-20(14)22-19(24-17)12-11-18-21(22)15-7-3-4-8-16(15)23-18;2-1-4-3;;;/h1-12,24H;1-12H;1,3H;;;/q;;;2*+1;-1/p-1. The third-order valence-electron chi connectivity index (χ3n) is 9.55. The van der Waals surface area contributed by atoms with E-state index in [9.17, 15) is 9.50 Å². The number of halogens is 1. The predicted molar refractivity (Wildman–Crippen MR) is 205 cm³/mol. The molecule has 0 saturated carbocycles. The van der Waals surface area contributed by atoms with Gasteiger partial charge in [-0.15, -0.1) is 0 Å². The Hall–Kier alpha value is -3.89. The Labute approximate surface area is 398 Å². The van der Waals surface area contributed by atoms with Crippen molar-refractivity contribution in [1.29, 1.82) is 0 Å². The first-order valence-electron chi connectivity index (χ1n) is 16.7. The summed E-state index contributed by atoms with van der Waals surface area (Å²) in [4.78, 5) is 11.2. The zero-order chi connectivity index (χ0) is 36.1. The van der Waals surface area contributed by atoms with Crippen molar-refractivity contribution in [3.8, 4) is 16.9 Å². The average molecular weight is 777 g/mol. The molecule has 0 fully saturated rings. The van der Waals surface area contributed by atoms with Crippen LogP contribution < -0.4 is 108 Å². The molecule has 1 N–H and O–H groups in total. The number of aromatic hydroxyl groups is 1. The molecule has 3 aromatic heterocycles. The maximum Gasteiger partial charge on any atom is 1.00 e. The van der Waals surface area contributed by atoms with E-state index >= 15 is 0 Å². The van der Waals surface area contributed by atoms with Crippen molar-refractivity contribution in [1.82, 2.24) is 0 Å². The summed E-state index contributed by atoms with van der Waals surface area (Å²) in [5, 5.41) is 29.3. The molecule has 0 saturated heterocycles. The fourth-order valence-electron chi connectivity index (χ4n) is 7.40. The molecular weight excluding hydrogens is 750 g/mol. The van der Waals surface area contributed by atoms with E-state index in [1.807, 2.05) is 72.8 Å².